The Hall–Kier alpha value is -0.790. The average Bonchev–Trinajstić information content (AvgIpc) is 2.38. The first-order valence-electron chi connectivity index (χ1n) is 6.12. The topological polar surface area (TPSA) is 63.4 Å². The van der Waals surface area contributed by atoms with E-state index >= 15 is 0 Å². The van der Waals surface area contributed by atoms with E-state index in [1.54, 1.807) is 11.8 Å². The number of nitrogens with two attached hydrogens (primary N) is 1. The first-order valence-corrected chi connectivity index (χ1v) is 8.61. The molecule has 1 aromatic carbocycles. The summed E-state index contributed by atoms with van der Waals surface area (Å²) in [5, 5.41) is 0.261. The van der Waals surface area contributed by atoms with Crippen molar-refractivity contribution in [2.75, 3.05) is 24.6 Å². The predicted octanol–water partition coefficient (Wildman–Crippen LogP) is 1.92. The summed E-state index contributed by atoms with van der Waals surface area (Å²) in [6.07, 6.45) is 0.892. The van der Waals surface area contributed by atoms with Crippen LogP contribution in [-0.4, -0.2) is 36.8 Å². The normalized spacial score (nSPS) is 21.5. The summed E-state index contributed by atoms with van der Waals surface area (Å²) in [7, 11) is -3.85. The number of anilines is 1. The standard InChI is InChI=1S/C12H17FN2O2S2/c1-2-9-8-15(6-7-18-9)19(16,17)12-10(13)4-3-5-11(12)14/h3-5,9H,2,6-8,14H2,1H3. The molecule has 1 aliphatic rings. The third-order valence-corrected chi connectivity index (χ3v) is 6.48. The third kappa shape index (κ3) is 2.88. The van der Waals surface area contributed by atoms with Gasteiger partial charge < -0.3 is 5.73 Å². The Kier molecular flexibility index (Phi) is 4.37. The van der Waals surface area contributed by atoms with Gasteiger partial charge in [0.2, 0.25) is 10.0 Å². The number of nitrogens with zero attached hydrogens (tertiary/aromatic N) is 1. The van der Waals surface area contributed by atoms with Gasteiger partial charge in [-0.3, -0.25) is 0 Å². The fraction of sp³-hybridized carbons (Fsp3) is 0.500. The van der Waals surface area contributed by atoms with E-state index in [9.17, 15) is 12.8 Å². The second kappa shape index (κ2) is 5.68. The van der Waals surface area contributed by atoms with E-state index in [4.69, 9.17) is 5.73 Å². The van der Waals surface area contributed by atoms with Gasteiger partial charge in [-0.05, 0) is 18.6 Å². The summed E-state index contributed by atoms with van der Waals surface area (Å²) in [4.78, 5) is -0.392. The van der Waals surface area contributed by atoms with Crippen LogP contribution < -0.4 is 5.73 Å². The Labute approximate surface area is 117 Å². The molecule has 0 spiro atoms. The maximum atomic E-state index is 13.8. The van der Waals surface area contributed by atoms with Crippen molar-refractivity contribution in [3.63, 3.8) is 0 Å². The van der Waals surface area contributed by atoms with Gasteiger partial charge in [0.1, 0.15) is 10.7 Å². The number of hydrogen-bond acceptors (Lipinski definition) is 4. The maximum Gasteiger partial charge on any atom is 0.248 e. The zero-order valence-corrected chi connectivity index (χ0v) is 12.3. The molecule has 1 aliphatic heterocycles. The lowest BCUT2D eigenvalue weighted by molar-refractivity contribution is 0.412. The van der Waals surface area contributed by atoms with Gasteiger partial charge >= 0.3 is 0 Å². The summed E-state index contributed by atoms with van der Waals surface area (Å²) in [6.45, 7) is 2.83. The molecule has 1 aromatic rings. The molecule has 0 radical (unpaired) electrons. The van der Waals surface area contributed by atoms with Crippen molar-refractivity contribution in [1.82, 2.24) is 4.31 Å². The summed E-state index contributed by atoms with van der Waals surface area (Å²) in [5.41, 5.74) is 5.59. The van der Waals surface area contributed by atoms with Crippen LogP contribution in [-0.2, 0) is 10.0 Å². The molecule has 0 saturated carbocycles. The van der Waals surface area contributed by atoms with Crippen LogP contribution in [0.1, 0.15) is 13.3 Å². The van der Waals surface area contributed by atoms with E-state index in [0.717, 1.165) is 18.2 Å². The lowest BCUT2D eigenvalue weighted by atomic mass is 10.3. The highest BCUT2D eigenvalue weighted by Crippen LogP contribution is 2.29. The van der Waals surface area contributed by atoms with Gasteiger partial charge in [0.05, 0.1) is 5.69 Å². The molecule has 19 heavy (non-hydrogen) atoms. The molecule has 106 valence electrons. The number of nitrogen functional groups attached to an aromatic ring is 1. The van der Waals surface area contributed by atoms with Crippen LogP contribution in [0, 0.1) is 5.82 Å². The third-order valence-electron chi connectivity index (χ3n) is 3.15. The van der Waals surface area contributed by atoms with Gasteiger partial charge in [-0.15, -0.1) is 0 Å². The Morgan fingerprint density at radius 1 is 1.53 bits per heavy atom. The van der Waals surface area contributed by atoms with Crippen LogP contribution in [0.5, 0.6) is 0 Å². The summed E-state index contributed by atoms with van der Waals surface area (Å²) in [6, 6.07) is 3.94. The van der Waals surface area contributed by atoms with Gasteiger partial charge in [-0.2, -0.15) is 16.1 Å². The number of halogens is 1. The van der Waals surface area contributed by atoms with Crippen LogP contribution >= 0.6 is 11.8 Å². The molecule has 1 fully saturated rings. The van der Waals surface area contributed by atoms with Crippen LogP contribution in [0.4, 0.5) is 10.1 Å². The molecule has 1 heterocycles. The predicted molar refractivity (Wildman–Crippen MR) is 76.1 cm³/mol. The van der Waals surface area contributed by atoms with Crippen molar-refractivity contribution in [2.24, 2.45) is 0 Å². The van der Waals surface area contributed by atoms with Crippen LogP contribution in [0.2, 0.25) is 0 Å². The van der Waals surface area contributed by atoms with Crippen molar-refractivity contribution >= 4 is 27.5 Å². The van der Waals surface area contributed by atoms with Gasteiger partial charge in [0, 0.05) is 24.1 Å². The number of rotatable bonds is 3. The van der Waals surface area contributed by atoms with Gasteiger partial charge in [-0.25, -0.2) is 12.8 Å². The summed E-state index contributed by atoms with van der Waals surface area (Å²) < 4.78 is 40.1. The molecule has 1 atom stereocenters. The maximum absolute atomic E-state index is 13.8. The van der Waals surface area contributed by atoms with Crippen molar-refractivity contribution in [3.8, 4) is 0 Å². The molecular weight excluding hydrogens is 287 g/mol. The molecule has 1 saturated heterocycles. The monoisotopic (exact) mass is 304 g/mol. The zero-order chi connectivity index (χ0) is 14.0. The lowest BCUT2D eigenvalue weighted by Crippen LogP contribution is -2.42. The number of thioether (sulfide) groups is 1. The van der Waals surface area contributed by atoms with Crippen molar-refractivity contribution < 1.29 is 12.8 Å². The molecule has 0 amide bonds. The summed E-state index contributed by atoms with van der Waals surface area (Å²) in [5.74, 6) is -0.0576. The first-order chi connectivity index (χ1) is 8.96. The SMILES string of the molecule is CCC1CN(S(=O)(=O)c2c(N)cccc2F)CCS1. The largest absolute Gasteiger partial charge is 0.398 e. The molecule has 0 aromatic heterocycles. The van der Waals surface area contributed by atoms with E-state index in [-0.39, 0.29) is 10.9 Å². The zero-order valence-electron chi connectivity index (χ0n) is 10.7. The Morgan fingerprint density at radius 3 is 2.89 bits per heavy atom. The molecular formula is C12H17FN2O2S2. The van der Waals surface area contributed by atoms with Gasteiger partial charge in [0.25, 0.3) is 0 Å². The quantitative estimate of drug-likeness (QED) is 0.867. The number of sulfonamides is 1. The molecule has 0 bridgehead atoms. The second-order valence-corrected chi connectivity index (χ2v) is 7.71. The van der Waals surface area contributed by atoms with Crippen LogP contribution in [0.3, 0.4) is 0 Å². The Bertz CT molecular complexity index is 543. The highest BCUT2D eigenvalue weighted by Gasteiger charge is 2.33. The Balaban J connectivity index is 2.37. The molecule has 1 unspecified atom stereocenters. The molecule has 0 aliphatic carbocycles. The van der Waals surface area contributed by atoms with E-state index in [0.29, 0.717) is 13.1 Å². The minimum Gasteiger partial charge on any atom is -0.398 e. The van der Waals surface area contributed by atoms with Crippen molar-refractivity contribution in [3.05, 3.63) is 24.0 Å². The number of hydrogen-bond donors (Lipinski definition) is 1. The first kappa shape index (κ1) is 14.6. The fourth-order valence-electron chi connectivity index (χ4n) is 2.08. The minimum atomic E-state index is -3.85. The lowest BCUT2D eigenvalue weighted by Gasteiger charge is -2.31. The van der Waals surface area contributed by atoms with Crippen LogP contribution in [0.25, 0.3) is 0 Å². The molecule has 2 N–H and O–H groups in total. The van der Waals surface area contributed by atoms with Gasteiger partial charge in [0.15, 0.2) is 0 Å². The molecule has 7 heteroatoms. The average molecular weight is 304 g/mol. The van der Waals surface area contributed by atoms with Crippen LogP contribution in [0.15, 0.2) is 23.1 Å². The highest BCUT2D eigenvalue weighted by atomic mass is 32.2. The molecule has 4 nitrogen and oxygen atoms in total. The van der Waals surface area contributed by atoms with Crippen molar-refractivity contribution in [2.45, 2.75) is 23.5 Å². The van der Waals surface area contributed by atoms with Gasteiger partial charge in [-0.1, -0.05) is 13.0 Å². The van der Waals surface area contributed by atoms with E-state index in [1.165, 1.54) is 16.4 Å². The van der Waals surface area contributed by atoms with E-state index < -0.39 is 20.7 Å². The molecule has 2 rings (SSSR count). The second-order valence-electron chi connectivity index (χ2n) is 4.42. The minimum absolute atomic E-state index is 0.0359. The fourth-order valence-corrected chi connectivity index (χ4v) is 5.12. The highest BCUT2D eigenvalue weighted by molar-refractivity contribution is 8.00. The van der Waals surface area contributed by atoms with E-state index in [2.05, 4.69) is 0 Å². The summed E-state index contributed by atoms with van der Waals surface area (Å²) >= 11 is 1.76. The smallest absolute Gasteiger partial charge is 0.248 e. The number of benzene rings is 1. The van der Waals surface area contributed by atoms with Crippen molar-refractivity contribution in [1.29, 1.82) is 0 Å². The van der Waals surface area contributed by atoms with E-state index in [1.807, 2.05) is 6.92 Å². The Morgan fingerprint density at radius 2 is 2.26 bits per heavy atom.